The number of rotatable bonds is 4. The summed E-state index contributed by atoms with van der Waals surface area (Å²) in [6.07, 6.45) is 0. The minimum Gasteiger partial charge on any atom is -0.456 e. The number of anilines is 3. The van der Waals surface area contributed by atoms with Crippen LogP contribution in [0.3, 0.4) is 0 Å². The predicted molar refractivity (Wildman–Crippen MR) is 204 cm³/mol. The van der Waals surface area contributed by atoms with Gasteiger partial charge in [-0.05, 0) is 96.7 Å². The van der Waals surface area contributed by atoms with Crippen molar-refractivity contribution in [3.63, 3.8) is 0 Å². The monoisotopic (exact) mass is 611 g/mol. The molecule has 1 heterocycles. The standard InChI is InChI=1S/C46H29NO/c1-2-16-34-30(12-1)13-10-22-35(34)31-14-9-15-32(28-31)47(43-23-11-25-45-46(43)41-21-7-8-24-44(41)48-45)33-26-27-40-38-19-4-3-17-36(38)37-18-5-6-20-39(37)42(40)29-33/h1-29H. The van der Waals surface area contributed by atoms with Gasteiger partial charge in [0.25, 0.3) is 0 Å². The highest BCUT2D eigenvalue weighted by atomic mass is 16.3. The van der Waals surface area contributed by atoms with E-state index < -0.39 is 0 Å². The van der Waals surface area contributed by atoms with E-state index in [1.807, 2.05) is 6.07 Å². The molecule has 10 rings (SSSR count). The Morgan fingerprint density at radius 2 is 0.917 bits per heavy atom. The lowest BCUT2D eigenvalue weighted by molar-refractivity contribution is 0.669. The largest absolute Gasteiger partial charge is 0.456 e. The van der Waals surface area contributed by atoms with Crippen molar-refractivity contribution in [2.45, 2.75) is 0 Å². The molecule has 0 aliphatic carbocycles. The van der Waals surface area contributed by atoms with Gasteiger partial charge in [0, 0.05) is 16.8 Å². The Bertz CT molecular complexity index is 2820. The molecule has 0 atom stereocenters. The number of hydrogen-bond donors (Lipinski definition) is 0. The first-order valence-electron chi connectivity index (χ1n) is 16.4. The van der Waals surface area contributed by atoms with E-state index in [1.165, 1.54) is 54.2 Å². The molecule has 0 N–H and O–H groups in total. The van der Waals surface area contributed by atoms with E-state index in [4.69, 9.17) is 4.42 Å². The van der Waals surface area contributed by atoms with Crippen LogP contribution in [-0.2, 0) is 0 Å². The Balaban J connectivity index is 1.28. The van der Waals surface area contributed by atoms with Crippen molar-refractivity contribution in [2.24, 2.45) is 0 Å². The van der Waals surface area contributed by atoms with E-state index in [1.54, 1.807) is 0 Å². The molecule has 0 spiro atoms. The van der Waals surface area contributed by atoms with E-state index >= 15 is 0 Å². The summed E-state index contributed by atoms with van der Waals surface area (Å²) < 4.78 is 6.41. The fraction of sp³-hybridized carbons (Fsp3) is 0. The molecule has 0 bridgehead atoms. The van der Waals surface area contributed by atoms with Crippen LogP contribution in [0.1, 0.15) is 0 Å². The molecule has 0 saturated heterocycles. The molecule has 0 unspecified atom stereocenters. The molecule has 224 valence electrons. The normalized spacial score (nSPS) is 11.8. The highest BCUT2D eigenvalue weighted by molar-refractivity contribution is 6.26. The summed E-state index contributed by atoms with van der Waals surface area (Å²) >= 11 is 0. The van der Waals surface area contributed by atoms with Crippen LogP contribution < -0.4 is 4.90 Å². The number of fused-ring (bicyclic) bond motifs is 10. The van der Waals surface area contributed by atoms with Crippen molar-refractivity contribution in [3.05, 3.63) is 176 Å². The van der Waals surface area contributed by atoms with Gasteiger partial charge in [-0.15, -0.1) is 0 Å². The van der Waals surface area contributed by atoms with Gasteiger partial charge in [0.05, 0.1) is 11.1 Å². The van der Waals surface area contributed by atoms with Gasteiger partial charge in [0.2, 0.25) is 0 Å². The molecule has 0 radical (unpaired) electrons. The molecule has 2 heteroatoms. The van der Waals surface area contributed by atoms with Crippen molar-refractivity contribution in [1.29, 1.82) is 0 Å². The van der Waals surface area contributed by atoms with Gasteiger partial charge in [-0.1, -0.05) is 133 Å². The average Bonchev–Trinajstić information content (AvgIpc) is 3.54. The summed E-state index contributed by atoms with van der Waals surface area (Å²) in [6, 6.07) is 63.3. The molecule has 1 aromatic heterocycles. The average molecular weight is 612 g/mol. The third-order valence-electron chi connectivity index (χ3n) is 9.81. The van der Waals surface area contributed by atoms with E-state index in [0.29, 0.717) is 0 Å². The van der Waals surface area contributed by atoms with Gasteiger partial charge in [0.15, 0.2) is 0 Å². The van der Waals surface area contributed by atoms with Crippen molar-refractivity contribution >= 4 is 82.1 Å². The Kier molecular flexibility index (Phi) is 5.91. The van der Waals surface area contributed by atoms with Crippen LogP contribution in [0.2, 0.25) is 0 Å². The van der Waals surface area contributed by atoms with Crippen molar-refractivity contribution in [2.75, 3.05) is 4.90 Å². The molecule has 0 saturated carbocycles. The highest BCUT2D eigenvalue weighted by Gasteiger charge is 2.21. The topological polar surface area (TPSA) is 16.4 Å². The smallest absolute Gasteiger partial charge is 0.137 e. The van der Waals surface area contributed by atoms with Gasteiger partial charge >= 0.3 is 0 Å². The lowest BCUT2D eigenvalue weighted by atomic mass is 9.93. The summed E-state index contributed by atoms with van der Waals surface area (Å²) in [5.74, 6) is 0. The van der Waals surface area contributed by atoms with Crippen LogP contribution >= 0.6 is 0 Å². The van der Waals surface area contributed by atoms with Crippen LogP contribution in [0.25, 0.3) is 76.2 Å². The van der Waals surface area contributed by atoms with Crippen LogP contribution in [0.15, 0.2) is 180 Å². The SMILES string of the molecule is c1cc(-c2cccc3ccccc23)cc(N(c2ccc3c4ccccc4c4ccccc4c3c2)c2cccc3oc4ccccc4c23)c1. The zero-order valence-electron chi connectivity index (χ0n) is 26.1. The second-order valence-electron chi connectivity index (χ2n) is 12.5. The fourth-order valence-electron chi connectivity index (χ4n) is 7.69. The Hall–Kier alpha value is -6.38. The Labute approximate surface area is 277 Å². The molecular formula is C46H29NO. The zero-order valence-corrected chi connectivity index (χ0v) is 26.1. The molecule has 0 fully saturated rings. The number of para-hydroxylation sites is 1. The molecule has 9 aromatic carbocycles. The van der Waals surface area contributed by atoms with Crippen molar-refractivity contribution in [1.82, 2.24) is 0 Å². The molecule has 2 nitrogen and oxygen atoms in total. The second kappa shape index (κ2) is 10.6. The van der Waals surface area contributed by atoms with Gasteiger partial charge in [-0.25, -0.2) is 0 Å². The van der Waals surface area contributed by atoms with Gasteiger partial charge in [0.1, 0.15) is 11.2 Å². The minimum absolute atomic E-state index is 0.876. The fourth-order valence-corrected chi connectivity index (χ4v) is 7.69. The zero-order chi connectivity index (χ0) is 31.6. The van der Waals surface area contributed by atoms with Crippen molar-refractivity contribution in [3.8, 4) is 11.1 Å². The lowest BCUT2D eigenvalue weighted by Crippen LogP contribution is -2.10. The molecule has 0 amide bonds. The summed E-state index contributed by atoms with van der Waals surface area (Å²) in [4.78, 5) is 2.41. The second-order valence-corrected chi connectivity index (χ2v) is 12.5. The maximum atomic E-state index is 6.41. The van der Waals surface area contributed by atoms with Crippen LogP contribution in [-0.4, -0.2) is 0 Å². The first-order valence-corrected chi connectivity index (χ1v) is 16.4. The molecular weight excluding hydrogens is 583 g/mol. The highest BCUT2D eigenvalue weighted by Crippen LogP contribution is 2.45. The summed E-state index contributed by atoms with van der Waals surface area (Å²) in [6.45, 7) is 0. The third kappa shape index (κ3) is 4.06. The van der Waals surface area contributed by atoms with E-state index in [0.717, 1.165) is 39.0 Å². The number of benzene rings is 9. The van der Waals surface area contributed by atoms with Gasteiger partial charge in [-0.3, -0.25) is 0 Å². The molecule has 0 aliphatic rings. The maximum absolute atomic E-state index is 6.41. The quantitative estimate of drug-likeness (QED) is 0.184. The van der Waals surface area contributed by atoms with Crippen molar-refractivity contribution < 1.29 is 4.42 Å². The lowest BCUT2D eigenvalue weighted by Gasteiger charge is -2.27. The summed E-state index contributed by atoms with van der Waals surface area (Å²) in [7, 11) is 0. The van der Waals surface area contributed by atoms with Crippen LogP contribution in [0, 0.1) is 0 Å². The number of hydrogen-bond acceptors (Lipinski definition) is 2. The van der Waals surface area contributed by atoms with Gasteiger partial charge in [-0.2, -0.15) is 0 Å². The van der Waals surface area contributed by atoms with Gasteiger partial charge < -0.3 is 9.32 Å². The first kappa shape index (κ1) is 26.8. The Morgan fingerprint density at radius 1 is 0.354 bits per heavy atom. The number of furan rings is 1. The number of nitrogens with zero attached hydrogens (tertiary/aromatic N) is 1. The predicted octanol–water partition coefficient (Wildman–Crippen LogP) is 13.3. The third-order valence-corrected chi connectivity index (χ3v) is 9.81. The molecule has 10 aromatic rings. The first-order chi connectivity index (χ1) is 23.8. The minimum atomic E-state index is 0.876. The van der Waals surface area contributed by atoms with E-state index in [-0.39, 0.29) is 0 Å². The maximum Gasteiger partial charge on any atom is 0.137 e. The van der Waals surface area contributed by atoms with Crippen LogP contribution in [0.4, 0.5) is 17.1 Å². The summed E-state index contributed by atoms with van der Waals surface area (Å²) in [5, 5.41) is 12.3. The van der Waals surface area contributed by atoms with E-state index in [2.05, 4.69) is 175 Å². The Morgan fingerprint density at radius 3 is 1.71 bits per heavy atom. The van der Waals surface area contributed by atoms with Crippen LogP contribution in [0.5, 0.6) is 0 Å². The molecule has 0 aliphatic heterocycles. The van der Waals surface area contributed by atoms with E-state index in [9.17, 15) is 0 Å². The molecule has 48 heavy (non-hydrogen) atoms. The summed E-state index contributed by atoms with van der Waals surface area (Å²) in [5.41, 5.74) is 7.42.